The van der Waals surface area contributed by atoms with E-state index in [4.69, 9.17) is 5.26 Å². The topological polar surface area (TPSA) is 35.8 Å². The van der Waals surface area contributed by atoms with Crippen LogP contribution in [0.5, 0.6) is 0 Å². The van der Waals surface area contributed by atoms with Gasteiger partial charge in [-0.2, -0.15) is 5.26 Å². The van der Waals surface area contributed by atoms with Gasteiger partial charge in [-0.25, -0.2) is 0 Å². The van der Waals surface area contributed by atoms with Gasteiger partial charge in [-0.1, -0.05) is 13.0 Å². The second-order valence-corrected chi connectivity index (χ2v) is 2.10. The Kier molecular flexibility index (Phi) is 5.80. The zero-order valence-electron chi connectivity index (χ0n) is 6.65. The summed E-state index contributed by atoms with van der Waals surface area (Å²) < 4.78 is 0. The predicted octanol–water partition coefficient (Wildman–Crippen LogP) is 1.46. The molecule has 0 saturated heterocycles. The normalized spacial score (nSPS) is 11.1. The Morgan fingerprint density at radius 3 is 2.80 bits per heavy atom. The van der Waals surface area contributed by atoms with Gasteiger partial charge in [-0.05, 0) is 19.9 Å². The largest absolute Gasteiger partial charge is 0.312 e. The summed E-state index contributed by atoms with van der Waals surface area (Å²) in [4.78, 5) is 0. The first-order valence-corrected chi connectivity index (χ1v) is 3.61. The lowest BCUT2D eigenvalue weighted by atomic mass is 10.3. The van der Waals surface area contributed by atoms with Crippen LogP contribution in [0.15, 0.2) is 11.6 Å². The zero-order valence-corrected chi connectivity index (χ0v) is 6.65. The minimum absolute atomic E-state index is 0.709. The molecule has 0 unspecified atom stereocenters. The molecule has 0 aromatic rings. The fourth-order valence-electron chi connectivity index (χ4n) is 0.606. The number of hydrogen-bond donors (Lipinski definition) is 1. The highest BCUT2D eigenvalue weighted by Gasteiger charge is 1.89. The van der Waals surface area contributed by atoms with Crippen molar-refractivity contribution >= 4 is 0 Å². The van der Waals surface area contributed by atoms with Crippen LogP contribution in [-0.4, -0.2) is 13.1 Å². The summed E-state index contributed by atoms with van der Waals surface area (Å²) in [5, 5.41) is 11.6. The minimum atomic E-state index is 0.709. The second-order valence-electron chi connectivity index (χ2n) is 2.10. The Morgan fingerprint density at radius 1 is 1.70 bits per heavy atom. The Hall–Kier alpha value is -0.810. The van der Waals surface area contributed by atoms with Crippen molar-refractivity contribution in [2.75, 3.05) is 13.1 Å². The van der Waals surface area contributed by atoms with Crippen molar-refractivity contribution in [1.29, 1.82) is 5.26 Å². The molecule has 2 nitrogen and oxygen atoms in total. The highest BCUT2D eigenvalue weighted by Crippen LogP contribution is 1.87. The molecule has 2 heteroatoms. The molecule has 0 saturated carbocycles. The summed E-state index contributed by atoms with van der Waals surface area (Å²) in [6, 6.07) is 2.11. The van der Waals surface area contributed by atoms with Gasteiger partial charge in [0.25, 0.3) is 0 Å². The van der Waals surface area contributed by atoms with Crippen LogP contribution in [0.3, 0.4) is 0 Å². The first kappa shape index (κ1) is 9.19. The molecule has 0 aliphatic carbocycles. The maximum absolute atomic E-state index is 8.47. The van der Waals surface area contributed by atoms with E-state index in [1.165, 1.54) is 0 Å². The molecule has 0 atom stereocenters. The molecule has 0 radical (unpaired) electrons. The lowest BCUT2D eigenvalue weighted by Crippen LogP contribution is -2.17. The third-order valence-electron chi connectivity index (χ3n) is 1.23. The molecule has 0 heterocycles. The Labute approximate surface area is 62.5 Å². The van der Waals surface area contributed by atoms with Crippen molar-refractivity contribution in [3.8, 4) is 6.07 Å². The van der Waals surface area contributed by atoms with Crippen LogP contribution >= 0.6 is 0 Å². The zero-order chi connectivity index (χ0) is 7.82. The molecule has 0 aliphatic heterocycles. The van der Waals surface area contributed by atoms with Crippen LogP contribution in [0.1, 0.15) is 20.3 Å². The molecule has 0 aromatic heterocycles. The third-order valence-corrected chi connectivity index (χ3v) is 1.23. The average Bonchev–Trinajstić information content (AvgIpc) is 1.99. The van der Waals surface area contributed by atoms with Crippen LogP contribution in [0.4, 0.5) is 0 Å². The molecule has 56 valence electrons. The summed E-state index contributed by atoms with van der Waals surface area (Å²) in [6.45, 7) is 5.68. The first-order chi connectivity index (χ1) is 4.85. The molecule has 0 spiro atoms. The molecule has 0 fully saturated rings. The number of rotatable bonds is 4. The molecule has 0 rings (SSSR count). The van der Waals surface area contributed by atoms with Crippen LogP contribution < -0.4 is 5.32 Å². The van der Waals surface area contributed by atoms with Crippen LogP contribution in [0.25, 0.3) is 0 Å². The smallest absolute Gasteiger partial charge is 0.0957 e. The highest BCUT2D eigenvalue weighted by molar-refractivity contribution is 5.20. The SMILES string of the molecule is C/C=C(/C#N)CNCCC. The van der Waals surface area contributed by atoms with E-state index in [0.29, 0.717) is 6.54 Å². The van der Waals surface area contributed by atoms with Crippen molar-refractivity contribution in [2.24, 2.45) is 0 Å². The van der Waals surface area contributed by atoms with Crippen LogP contribution in [-0.2, 0) is 0 Å². The first-order valence-electron chi connectivity index (χ1n) is 3.61. The van der Waals surface area contributed by atoms with Crippen molar-refractivity contribution in [3.63, 3.8) is 0 Å². The second kappa shape index (κ2) is 6.31. The van der Waals surface area contributed by atoms with Crippen molar-refractivity contribution in [2.45, 2.75) is 20.3 Å². The van der Waals surface area contributed by atoms with E-state index in [1.807, 2.05) is 13.0 Å². The Morgan fingerprint density at radius 2 is 2.40 bits per heavy atom. The molecular formula is C8H14N2. The van der Waals surface area contributed by atoms with Gasteiger partial charge in [0.1, 0.15) is 0 Å². The molecule has 10 heavy (non-hydrogen) atoms. The highest BCUT2D eigenvalue weighted by atomic mass is 14.8. The lowest BCUT2D eigenvalue weighted by Gasteiger charge is -1.98. The molecule has 0 aliphatic rings. The maximum Gasteiger partial charge on any atom is 0.0957 e. The monoisotopic (exact) mass is 138 g/mol. The van der Waals surface area contributed by atoms with E-state index < -0.39 is 0 Å². The van der Waals surface area contributed by atoms with Gasteiger partial charge in [0.15, 0.2) is 0 Å². The standard InChI is InChI=1S/C8H14N2/c1-3-5-10-7-8(4-2)6-9/h4,10H,3,5,7H2,1-2H3/b8-4-. The van der Waals surface area contributed by atoms with Gasteiger partial charge in [0.05, 0.1) is 6.07 Å². The molecule has 1 N–H and O–H groups in total. The van der Waals surface area contributed by atoms with Crippen molar-refractivity contribution in [1.82, 2.24) is 5.32 Å². The molecular weight excluding hydrogens is 124 g/mol. The number of nitriles is 1. The van der Waals surface area contributed by atoms with Gasteiger partial charge in [-0.15, -0.1) is 0 Å². The Bertz CT molecular complexity index is 142. The predicted molar refractivity (Wildman–Crippen MR) is 42.5 cm³/mol. The van der Waals surface area contributed by atoms with Crippen LogP contribution in [0.2, 0.25) is 0 Å². The third kappa shape index (κ3) is 4.11. The number of hydrogen-bond acceptors (Lipinski definition) is 2. The summed E-state index contributed by atoms with van der Waals surface area (Å²) >= 11 is 0. The fourth-order valence-corrected chi connectivity index (χ4v) is 0.606. The summed E-state index contributed by atoms with van der Waals surface area (Å²) in [7, 11) is 0. The summed E-state index contributed by atoms with van der Waals surface area (Å²) in [6.07, 6.45) is 2.95. The van der Waals surface area contributed by atoms with Crippen LogP contribution in [0, 0.1) is 11.3 Å². The molecule has 0 amide bonds. The van der Waals surface area contributed by atoms with Gasteiger partial charge in [-0.3, -0.25) is 0 Å². The van der Waals surface area contributed by atoms with Crippen molar-refractivity contribution < 1.29 is 0 Å². The number of nitrogens with one attached hydrogen (secondary N) is 1. The number of nitrogens with zero attached hydrogens (tertiary/aromatic N) is 1. The van der Waals surface area contributed by atoms with Gasteiger partial charge < -0.3 is 5.32 Å². The van der Waals surface area contributed by atoms with Gasteiger partial charge in [0, 0.05) is 12.1 Å². The average molecular weight is 138 g/mol. The molecule has 0 aromatic carbocycles. The lowest BCUT2D eigenvalue weighted by molar-refractivity contribution is 0.720. The van der Waals surface area contributed by atoms with Gasteiger partial charge >= 0.3 is 0 Å². The fraction of sp³-hybridized carbons (Fsp3) is 0.625. The minimum Gasteiger partial charge on any atom is -0.312 e. The summed E-state index contributed by atoms with van der Waals surface area (Å²) in [5.74, 6) is 0. The maximum atomic E-state index is 8.47. The molecule has 0 bridgehead atoms. The quantitative estimate of drug-likeness (QED) is 0.471. The van der Waals surface area contributed by atoms with E-state index >= 15 is 0 Å². The Balaban J connectivity index is 3.40. The van der Waals surface area contributed by atoms with E-state index in [1.54, 1.807) is 0 Å². The van der Waals surface area contributed by atoms with E-state index in [-0.39, 0.29) is 0 Å². The van der Waals surface area contributed by atoms with Crippen molar-refractivity contribution in [3.05, 3.63) is 11.6 Å². The van der Waals surface area contributed by atoms with E-state index in [0.717, 1.165) is 18.5 Å². The van der Waals surface area contributed by atoms with E-state index in [9.17, 15) is 0 Å². The number of allylic oxidation sites excluding steroid dienone is 1. The summed E-state index contributed by atoms with van der Waals surface area (Å²) in [5.41, 5.74) is 0.813. The van der Waals surface area contributed by atoms with Gasteiger partial charge in [0.2, 0.25) is 0 Å². The van der Waals surface area contributed by atoms with E-state index in [2.05, 4.69) is 18.3 Å².